The lowest BCUT2D eigenvalue weighted by Gasteiger charge is -2.17. The second kappa shape index (κ2) is 3.83. The lowest BCUT2D eigenvalue weighted by atomic mass is 9.93. The largest absolute Gasteiger partial charge is 0.383 e. The summed E-state index contributed by atoms with van der Waals surface area (Å²) in [6.45, 7) is 6.58. The molecule has 18 heavy (non-hydrogen) atoms. The molecule has 0 aliphatic carbocycles. The van der Waals surface area contributed by atoms with Crippen molar-refractivity contribution in [2.45, 2.75) is 26.2 Å². The Morgan fingerprint density at radius 3 is 2.67 bits per heavy atom. The molecule has 0 fully saturated rings. The Hall–Kier alpha value is -1.33. The minimum absolute atomic E-state index is 0.0692. The third-order valence-electron chi connectivity index (χ3n) is 2.92. The fourth-order valence-electron chi connectivity index (χ4n) is 1.99. The lowest BCUT2D eigenvalue weighted by Crippen LogP contribution is -2.14. The van der Waals surface area contributed by atoms with Crippen LogP contribution in [0.25, 0.3) is 15.5 Å². The van der Waals surface area contributed by atoms with Gasteiger partial charge in [-0.3, -0.25) is 4.40 Å². The molecule has 0 amide bonds. The van der Waals surface area contributed by atoms with Crippen LogP contribution in [0.15, 0.2) is 22.9 Å². The zero-order chi connectivity index (χ0) is 12.9. The molecule has 0 saturated carbocycles. The van der Waals surface area contributed by atoms with E-state index in [4.69, 9.17) is 5.73 Å². The van der Waals surface area contributed by atoms with Gasteiger partial charge in [-0.2, -0.15) is 0 Å². The van der Waals surface area contributed by atoms with Crippen LogP contribution in [0.5, 0.6) is 0 Å². The third kappa shape index (κ3) is 1.66. The van der Waals surface area contributed by atoms with E-state index in [0.29, 0.717) is 0 Å². The predicted octanol–water partition coefficient (Wildman–Crippen LogP) is 4.00. The monoisotopic (exact) mass is 277 g/mol. The Morgan fingerprint density at radius 2 is 2.06 bits per heavy atom. The number of aromatic nitrogens is 2. The van der Waals surface area contributed by atoms with Gasteiger partial charge in [0, 0.05) is 16.5 Å². The van der Waals surface area contributed by atoms with Crippen molar-refractivity contribution in [3.63, 3.8) is 0 Å². The van der Waals surface area contributed by atoms with Gasteiger partial charge in [0.1, 0.15) is 11.5 Å². The number of nitrogens with zero attached hydrogens (tertiary/aromatic N) is 2. The zero-order valence-electron chi connectivity index (χ0n) is 10.6. The SMILES string of the molecule is CC(C)(C)c1csc2nc(-c3cccs3)c(N)n12. The molecular weight excluding hydrogens is 262 g/mol. The fourth-order valence-corrected chi connectivity index (χ4v) is 3.84. The molecule has 0 aliphatic heterocycles. The fraction of sp³-hybridized carbons (Fsp3) is 0.308. The normalized spacial score (nSPS) is 12.4. The molecule has 0 radical (unpaired) electrons. The van der Waals surface area contributed by atoms with Crippen molar-refractivity contribution in [3.8, 4) is 10.6 Å². The van der Waals surface area contributed by atoms with Gasteiger partial charge in [0.05, 0.1) is 4.88 Å². The van der Waals surface area contributed by atoms with E-state index in [1.165, 1.54) is 5.69 Å². The van der Waals surface area contributed by atoms with Crippen molar-refractivity contribution in [3.05, 3.63) is 28.6 Å². The van der Waals surface area contributed by atoms with Crippen molar-refractivity contribution in [2.24, 2.45) is 0 Å². The van der Waals surface area contributed by atoms with E-state index in [9.17, 15) is 0 Å². The van der Waals surface area contributed by atoms with E-state index < -0.39 is 0 Å². The number of thiazole rings is 1. The Labute approximate surface area is 114 Å². The van der Waals surface area contributed by atoms with Crippen molar-refractivity contribution < 1.29 is 0 Å². The summed E-state index contributed by atoms with van der Waals surface area (Å²) in [6, 6.07) is 4.09. The molecular formula is C13H15N3S2. The second-order valence-electron chi connectivity index (χ2n) is 5.31. The maximum Gasteiger partial charge on any atom is 0.196 e. The Kier molecular flexibility index (Phi) is 2.50. The van der Waals surface area contributed by atoms with Gasteiger partial charge in [-0.05, 0) is 11.4 Å². The van der Waals surface area contributed by atoms with E-state index in [1.807, 2.05) is 11.4 Å². The summed E-state index contributed by atoms with van der Waals surface area (Å²) in [5.74, 6) is 0.749. The quantitative estimate of drug-likeness (QED) is 0.730. The summed E-state index contributed by atoms with van der Waals surface area (Å²) in [4.78, 5) is 6.76. The number of imidazole rings is 1. The molecule has 0 aliphatic rings. The van der Waals surface area contributed by atoms with Gasteiger partial charge in [-0.1, -0.05) is 26.8 Å². The van der Waals surface area contributed by atoms with Crippen LogP contribution in [0.2, 0.25) is 0 Å². The second-order valence-corrected chi connectivity index (χ2v) is 7.10. The molecule has 3 rings (SSSR count). The number of thiophene rings is 1. The van der Waals surface area contributed by atoms with Crippen molar-refractivity contribution in [2.75, 3.05) is 5.73 Å². The lowest BCUT2D eigenvalue weighted by molar-refractivity contribution is 0.566. The first-order valence-electron chi connectivity index (χ1n) is 5.78. The molecule has 0 saturated heterocycles. The molecule has 3 aromatic rings. The van der Waals surface area contributed by atoms with Gasteiger partial charge >= 0.3 is 0 Å². The van der Waals surface area contributed by atoms with Gasteiger partial charge in [0.15, 0.2) is 4.96 Å². The van der Waals surface area contributed by atoms with E-state index in [-0.39, 0.29) is 5.41 Å². The topological polar surface area (TPSA) is 43.3 Å². The van der Waals surface area contributed by atoms with Gasteiger partial charge < -0.3 is 5.73 Å². The van der Waals surface area contributed by atoms with E-state index >= 15 is 0 Å². The van der Waals surface area contributed by atoms with Gasteiger partial charge in [0.25, 0.3) is 0 Å². The molecule has 94 valence electrons. The molecule has 0 unspecified atom stereocenters. The van der Waals surface area contributed by atoms with Crippen LogP contribution < -0.4 is 5.73 Å². The molecule has 3 aromatic heterocycles. The van der Waals surface area contributed by atoms with Gasteiger partial charge in [-0.25, -0.2) is 4.98 Å². The number of rotatable bonds is 1. The van der Waals surface area contributed by atoms with Crippen LogP contribution in [0.1, 0.15) is 26.5 Å². The van der Waals surface area contributed by atoms with Crippen LogP contribution in [0, 0.1) is 0 Å². The molecule has 0 aromatic carbocycles. The highest BCUT2D eigenvalue weighted by Gasteiger charge is 2.23. The number of fused-ring (bicyclic) bond motifs is 1. The Balaban J connectivity index is 2.28. The summed E-state index contributed by atoms with van der Waals surface area (Å²) in [7, 11) is 0. The minimum atomic E-state index is 0.0692. The predicted molar refractivity (Wildman–Crippen MR) is 79.5 cm³/mol. The first-order valence-corrected chi connectivity index (χ1v) is 7.54. The molecule has 3 heterocycles. The first-order chi connectivity index (χ1) is 8.48. The van der Waals surface area contributed by atoms with E-state index in [1.54, 1.807) is 22.7 Å². The van der Waals surface area contributed by atoms with Crippen molar-refractivity contribution >= 4 is 33.5 Å². The minimum Gasteiger partial charge on any atom is -0.383 e. The molecule has 0 atom stereocenters. The molecule has 5 heteroatoms. The summed E-state index contributed by atoms with van der Waals surface area (Å²) in [6.07, 6.45) is 0. The Bertz CT molecular complexity index is 684. The summed E-state index contributed by atoms with van der Waals surface area (Å²) < 4.78 is 2.08. The number of hydrogen-bond acceptors (Lipinski definition) is 4. The first kappa shape index (κ1) is 11.7. The maximum absolute atomic E-state index is 6.29. The number of nitrogens with two attached hydrogens (primary N) is 1. The van der Waals surface area contributed by atoms with Gasteiger partial charge in [0.2, 0.25) is 0 Å². The van der Waals surface area contributed by atoms with Crippen LogP contribution in [-0.2, 0) is 5.41 Å². The van der Waals surface area contributed by atoms with Crippen LogP contribution >= 0.6 is 22.7 Å². The summed E-state index contributed by atoms with van der Waals surface area (Å²) >= 11 is 3.32. The highest BCUT2D eigenvalue weighted by Crippen LogP contribution is 2.36. The summed E-state index contributed by atoms with van der Waals surface area (Å²) in [5, 5.41) is 4.20. The highest BCUT2D eigenvalue weighted by atomic mass is 32.1. The molecule has 2 N–H and O–H groups in total. The standard InChI is InChI=1S/C13H15N3S2/c1-13(2,3)9-7-18-12-15-10(11(14)16(9)12)8-5-4-6-17-8/h4-7H,14H2,1-3H3. The van der Waals surface area contributed by atoms with Gasteiger partial charge in [-0.15, -0.1) is 22.7 Å². The summed E-state index contributed by atoms with van der Waals surface area (Å²) in [5.41, 5.74) is 8.48. The average Bonchev–Trinajstić information content (AvgIpc) is 2.94. The van der Waals surface area contributed by atoms with Crippen LogP contribution in [-0.4, -0.2) is 9.38 Å². The molecule has 0 spiro atoms. The number of nitrogen functional groups attached to an aromatic ring is 1. The van der Waals surface area contributed by atoms with Crippen LogP contribution in [0.3, 0.4) is 0 Å². The van der Waals surface area contributed by atoms with E-state index in [2.05, 4.69) is 41.6 Å². The zero-order valence-corrected chi connectivity index (χ0v) is 12.2. The number of hydrogen-bond donors (Lipinski definition) is 1. The maximum atomic E-state index is 6.29. The van der Waals surface area contributed by atoms with Crippen molar-refractivity contribution in [1.29, 1.82) is 0 Å². The van der Waals surface area contributed by atoms with E-state index in [0.717, 1.165) is 21.3 Å². The smallest absolute Gasteiger partial charge is 0.196 e. The van der Waals surface area contributed by atoms with Crippen LogP contribution in [0.4, 0.5) is 5.82 Å². The van der Waals surface area contributed by atoms with Crippen molar-refractivity contribution in [1.82, 2.24) is 9.38 Å². The Morgan fingerprint density at radius 1 is 1.28 bits per heavy atom. The number of anilines is 1. The molecule has 3 nitrogen and oxygen atoms in total. The third-order valence-corrected chi connectivity index (χ3v) is 4.62. The molecule has 0 bridgehead atoms. The average molecular weight is 277 g/mol. The highest BCUT2D eigenvalue weighted by molar-refractivity contribution is 7.15.